The molecule has 1 N–H and O–H groups in total. The maximum atomic E-state index is 13.3. The van der Waals surface area contributed by atoms with Crippen LogP contribution in [0.25, 0.3) is 0 Å². The van der Waals surface area contributed by atoms with Crippen molar-refractivity contribution in [1.82, 2.24) is 5.32 Å². The van der Waals surface area contributed by atoms with Crippen molar-refractivity contribution in [1.29, 1.82) is 0 Å². The van der Waals surface area contributed by atoms with Gasteiger partial charge in [-0.3, -0.25) is 4.79 Å². The van der Waals surface area contributed by atoms with Gasteiger partial charge < -0.3 is 5.32 Å². The average Bonchev–Trinajstić information content (AvgIpc) is 2.40. The molecule has 0 fully saturated rings. The van der Waals surface area contributed by atoms with Crippen LogP contribution in [-0.4, -0.2) is 5.91 Å². The van der Waals surface area contributed by atoms with E-state index in [0.29, 0.717) is 5.56 Å². The van der Waals surface area contributed by atoms with Crippen molar-refractivity contribution in [2.45, 2.75) is 13.0 Å². The maximum Gasteiger partial charge on any atom is 0.224 e. The van der Waals surface area contributed by atoms with Crippen molar-refractivity contribution in [2.24, 2.45) is 0 Å². The molecule has 0 atom stereocenters. The molecule has 0 bridgehead atoms. The largest absolute Gasteiger partial charge is 0.352 e. The Bertz CT molecular complexity index is 611. The fraction of sp³-hybridized carbons (Fsp3) is 0.133. The number of hydrogen-bond acceptors (Lipinski definition) is 1. The summed E-state index contributed by atoms with van der Waals surface area (Å²) in [4.78, 5) is 11.6. The second kappa shape index (κ2) is 6.23. The van der Waals surface area contributed by atoms with E-state index in [0.717, 1.165) is 12.1 Å². The number of halogens is 3. The maximum absolute atomic E-state index is 13.3. The van der Waals surface area contributed by atoms with Crippen LogP contribution in [0.4, 0.5) is 13.2 Å². The van der Waals surface area contributed by atoms with Gasteiger partial charge in [0.25, 0.3) is 0 Å². The van der Waals surface area contributed by atoms with Crippen molar-refractivity contribution >= 4 is 5.91 Å². The van der Waals surface area contributed by atoms with Crippen LogP contribution in [0.5, 0.6) is 0 Å². The first-order valence-corrected chi connectivity index (χ1v) is 5.99. The van der Waals surface area contributed by atoms with Gasteiger partial charge in [-0.25, -0.2) is 13.2 Å². The van der Waals surface area contributed by atoms with Gasteiger partial charge in [0.15, 0.2) is 0 Å². The molecule has 0 saturated heterocycles. The zero-order valence-electron chi connectivity index (χ0n) is 10.5. The van der Waals surface area contributed by atoms with Gasteiger partial charge in [-0.2, -0.15) is 0 Å². The van der Waals surface area contributed by atoms with Gasteiger partial charge in [0.1, 0.15) is 17.5 Å². The number of carbonyl (C=O) groups excluding carboxylic acids is 1. The van der Waals surface area contributed by atoms with Crippen molar-refractivity contribution in [2.75, 3.05) is 0 Å². The Morgan fingerprint density at radius 1 is 0.950 bits per heavy atom. The zero-order chi connectivity index (χ0) is 14.5. The SMILES string of the molecule is O=C(Cc1ccc(F)cc1)NCc1ccc(F)cc1F. The van der Waals surface area contributed by atoms with Crippen LogP contribution in [0.15, 0.2) is 42.5 Å². The standard InChI is InChI=1S/C15H12F3NO/c16-12-4-1-10(2-5-12)7-15(20)19-9-11-3-6-13(17)8-14(11)18/h1-6,8H,7,9H2,(H,19,20). The lowest BCUT2D eigenvalue weighted by Gasteiger charge is -2.06. The van der Waals surface area contributed by atoms with E-state index in [-0.39, 0.29) is 30.3 Å². The molecule has 0 aromatic heterocycles. The van der Waals surface area contributed by atoms with Gasteiger partial charge in [-0.05, 0) is 23.8 Å². The van der Waals surface area contributed by atoms with Gasteiger partial charge >= 0.3 is 0 Å². The van der Waals surface area contributed by atoms with Crippen molar-refractivity contribution in [3.8, 4) is 0 Å². The Morgan fingerprint density at radius 2 is 1.60 bits per heavy atom. The molecule has 2 aromatic carbocycles. The molecule has 20 heavy (non-hydrogen) atoms. The van der Waals surface area contributed by atoms with E-state index in [2.05, 4.69) is 5.32 Å². The third-order valence-corrected chi connectivity index (χ3v) is 2.77. The van der Waals surface area contributed by atoms with Crippen LogP contribution in [0.3, 0.4) is 0 Å². The highest BCUT2D eigenvalue weighted by Crippen LogP contribution is 2.09. The van der Waals surface area contributed by atoms with Crippen molar-refractivity contribution in [3.63, 3.8) is 0 Å². The number of hydrogen-bond donors (Lipinski definition) is 1. The Balaban J connectivity index is 1.90. The lowest BCUT2D eigenvalue weighted by Crippen LogP contribution is -2.25. The van der Waals surface area contributed by atoms with Crippen LogP contribution in [0.2, 0.25) is 0 Å². The summed E-state index contributed by atoms with van der Waals surface area (Å²) in [6.45, 7) is -0.0217. The first kappa shape index (κ1) is 14.1. The molecule has 104 valence electrons. The quantitative estimate of drug-likeness (QED) is 0.916. The summed E-state index contributed by atoms with van der Waals surface area (Å²) in [6, 6.07) is 8.72. The van der Waals surface area contributed by atoms with Crippen molar-refractivity contribution in [3.05, 3.63) is 71.0 Å². The molecule has 0 radical (unpaired) electrons. The Kier molecular flexibility index (Phi) is 4.40. The van der Waals surface area contributed by atoms with Gasteiger partial charge in [-0.1, -0.05) is 18.2 Å². The van der Waals surface area contributed by atoms with Crippen LogP contribution in [-0.2, 0) is 17.8 Å². The Labute approximate surface area is 114 Å². The monoisotopic (exact) mass is 279 g/mol. The normalized spacial score (nSPS) is 10.3. The summed E-state index contributed by atoms with van der Waals surface area (Å²) in [5, 5.41) is 2.53. The smallest absolute Gasteiger partial charge is 0.224 e. The van der Waals surface area contributed by atoms with Gasteiger partial charge in [0.2, 0.25) is 5.91 Å². The Hall–Kier alpha value is -2.30. The number of benzene rings is 2. The van der Waals surface area contributed by atoms with E-state index in [1.54, 1.807) is 0 Å². The van der Waals surface area contributed by atoms with E-state index < -0.39 is 11.6 Å². The van der Waals surface area contributed by atoms with Crippen LogP contribution >= 0.6 is 0 Å². The van der Waals surface area contributed by atoms with Gasteiger partial charge in [0.05, 0.1) is 6.42 Å². The number of carbonyl (C=O) groups is 1. The minimum atomic E-state index is -0.702. The van der Waals surface area contributed by atoms with E-state index >= 15 is 0 Å². The molecule has 0 unspecified atom stereocenters. The average molecular weight is 279 g/mol. The summed E-state index contributed by atoms with van der Waals surface area (Å²) >= 11 is 0. The molecule has 5 heteroatoms. The second-order valence-corrected chi connectivity index (χ2v) is 4.32. The predicted octanol–water partition coefficient (Wildman–Crippen LogP) is 2.96. The summed E-state index contributed by atoms with van der Waals surface area (Å²) in [7, 11) is 0. The molecule has 2 nitrogen and oxygen atoms in total. The van der Waals surface area contributed by atoms with E-state index in [4.69, 9.17) is 0 Å². The van der Waals surface area contributed by atoms with Crippen LogP contribution in [0.1, 0.15) is 11.1 Å². The predicted molar refractivity (Wildman–Crippen MR) is 68.3 cm³/mol. The third kappa shape index (κ3) is 3.85. The van der Waals surface area contributed by atoms with Crippen molar-refractivity contribution < 1.29 is 18.0 Å². The molecule has 0 spiro atoms. The van der Waals surface area contributed by atoms with Gasteiger partial charge in [-0.15, -0.1) is 0 Å². The summed E-state index contributed by atoms with van der Waals surface area (Å²) in [5.41, 5.74) is 0.863. The fourth-order valence-corrected chi connectivity index (χ4v) is 1.71. The lowest BCUT2D eigenvalue weighted by molar-refractivity contribution is -0.120. The number of amides is 1. The Morgan fingerprint density at radius 3 is 2.25 bits per heavy atom. The van der Waals surface area contributed by atoms with Crippen LogP contribution < -0.4 is 5.32 Å². The van der Waals surface area contributed by atoms with Crippen LogP contribution in [0, 0.1) is 17.5 Å². The summed E-state index contributed by atoms with van der Waals surface area (Å²) < 4.78 is 38.7. The summed E-state index contributed by atoms with van der Waals surface area (Å²) in [5.74, 6) is -2.06. The highest BCUT2D eigenvalue weighted by molar-refractivity contribution is 5.78. The molecule has 0 heterocycles. The second-order valence-electron chi connectivity index (χ2n) is 4.32. The third-order valence-electron chi connectivity index (χ3n) is 2.77. The first-order chi connectivity index (χ1) is 9.54. The first-order valence-electron chi connectivity index (χ1n) is 5.99. The molecule has 1 amide bonds. The minimum absolute atomic E-state index is 0.0217. The zero-order valence-corrected chi connectivity index (χ0v) is 10.5. The van der Waals surface area contributed by atoms with E-state index in [9.17, 15) is 18.0 Å². The number of rotatable bonds is 4. The minimum Gasteiger partial charge on any atom is -0.352 e. The highest BCUT2D eigenvalue weighted by atomic mass is 19.1. The molecule has 2 aromatic rings. The topological polar surface area (TPSA) is 29.1 Å². The molecule has 0 aliphatic rings. The summed E-state index contributed by atoms with van der Waals surface area (Å²) in [6.07, 6.45) is 0.0725. The molecule has 0 aliphatic carbocycles. The number of nitrogens with one attached hydrogen (secondary N) is 1. The van der Waals surface area contributed by atoms with Gasteiger partial charge in [0, 0.05) is 18.2 Å². The molecule has 0 saturated carbocycles. The molecular formula is C15H12F3NO. The fourth-order valence-electron chi connectivity index (χ4n) is 1.71. The highest BCUT2D eigenvalue weighted by Gasteiger charge is 2.07. The molecule has 2 rings (SSSR count). The lowest BCUT2D eigenvalue weighted by atomic mass is 10.1. The van der Waals surface area contributed by atoms with E-state index in [1.165, 1.54) is 30.3 Å². The molecular weight excluding hydrogens is 267 g/mol. The van der Waals surface area contributed by atoms with E-state index in [1.807, 2.05) is 0 Å². The molecule has 0 aliphatic heterocycles.